The van der Waals surface area contributed by atoms with Crippen molar-refractivity contribution < 1.29 is 18.0 Å². The van der Waals surface area contributed by atoms with Gasteiger partial charge in [-0.1, -0.05) is 30.3 Å². The highest BCUT2D eigenvalue weighted by Crippen LogP contribution is 2.27. The molecule has 1 amide bonds. The van der Waals surface area contributed by atoms with Crippen molar-refractivity contribution in [1.29, 1.82) is 0 Å². The fourth-order valence-electron chi connectivity index (χ4n) is 3.65. The molecule has 0 unspecified atom stereocenters. The predicted octanol–water partition coefficient (Wildman–Crippen LogP) is 4.74. The first-order valence-electron chi connectivity index (χ1n) is 10.5. The molecule has 0 spiro atoms. The molecular weight excluding hydrogens is 445 g/mol. The van der Waals surface area contributed by atoms with Gasteiger partial charge in [0.15, 0.2) is 11.6 Å². The summed E-state index contributed by atoms with van der Waals surface area (Å²) in [7, 11) is 0. The summed E-state index contributed by atoms with van der Waals surface area (Å²) in [5, 5.41) is 5.25. The third kappa shape index (κ3) is 4.63. The number of nitrogens with one attached hydrogen (secondary N) is 2. The van der Waals surface area contributed by atoms with Gasteiger partial charge in [0.05, 0.1) is 12.1 Å². The largest absolute Gasteiger partial charge is 0.376 e. The number of benzene rings is 3. The molecule has 0 radical (unpaired) electrons. The second kappa shape index (κ2) is 9.38. The molecule has 9 heteroatoms. The molecule has 4 rings (SSSR count). The van der Waals surface area contributed by atoms with Crippen molar-refractivity contribution in [3.05, 3.63) is 99.2 Å². The minimum Gasteiger partial charge on any atom is -0.376 e. The van der Waals surface area contributed by atoms with Gasteiger partial charge >= 0.3 is 0 Å². The molecule has 0 atom stereocenters. The zero-order chi connectivity index (χ0) is 24.4. The maximum absolute atomic E-state index is 15.3. The average molecular weight is 466 g/mol. The van der Waals surface area contributed by atoms with Gasteiger partial charge in [-0.15, -0.1) is 0 Å². The van der Waals surface area contributed by atoms with E-state index >= 15 is 4.39 Å². The first-order valence-corrected chi connectivity index (χ1v) is 10.5. The number of aryl methyl sites for hydroxylation is 1. The van der Waals surface area contributed by atoms with Crippen LogP contribution in [0.15, 0.2) is 59.4 Å². The Morgan fingerprint density at radius 2 is 1.74 bits per heavy atom. The molecular formula is C25H21F3N4O2. The fourth-order valence-corrected chi connectivity index (χ4v) is 3.65. The topological polar surface area (TPSA) is 76.0 Å². The van der Waals surface area contributed by atoms with Crippen molar-refractivity contribution in [2.45, 2.75) is 26.9 Å². The molecule has 1 heterocycles. The van der Waals surface area contributed by atoms with Crippen LogP contribution in [0.4, 0.5) is 24.5 Å². The smallest absolute Gasteiger partial charge is 0.272 e. The quantitative estimate of drug-likeness (QED) is 0.430. The van der Waals surface area contributed by atoms with Crippen molar-refractivity contribution in [1.82, 2.24) is 9.55 Å². The predicted molar refractivity (Wildman–Crippen MR) is 124 cm³/mol. The number of amides is 1. The SMILES string of the molecule is CC(=O)Nc1ccc(Cn2c(=O)c(C)nc3c(F)c(NCc4ccccc4F)c(F)cc32)cc1. The molecule has 0 aliphatic heterocycles. The Morgan fingerprint density at radius 1 is 1.03 bits per heavy atom. The molecule has 3 aromatic carbocycles. The third-order valence-corrected chi connectivity index (χ3v) is 5.33. The highest BCUT2D eigenvalue weighted by molar-refractivity contribution is 5.88. The molecule has 34 heavy (non-hydrogen) atoms. The maximum Gasteiger partial charge on any atom is 0.272 e. The molecule has 0 saturated carbocycles. The van der Waals surface area contributed by atoms with Crippen molar-refractivity contribution in [2.75, 3.05) is 10.6 Å². The number of rotatable bonds is 6. The molecule has 0 fully saturated rings. The molecule has 4 aromatic rings. The minimum atomic E-state index is -0.968. The molecule has 174 valence electrons. The highest BCUT2D eigenvalue weighted by Gasteiger charge is 2.19. The van der Waals surface area contributed by atoms with Crippen molar-refractivity contribution in [3.8, 4) is 0 Å². The van der Waals surface area contributed by atoms with Gasteiger partial charge in [0, 0.05) is 30.8 Å². The Morgan fingerprint density at radius 3 is 2.41 bits per heavy atom. The second-order valence-corrected chi connectivity index (χ2v) is 7.83. The van der Waals surface area contributed by atoms with E-state index in [1.165, 1.54) is 36.6 Å². The van der Waals surface area contributed by atoms with E-state index in [2.05, 4.69) is 15.6 Å². The van der Waals surface area contributed by atoms with E-state index in [-0.39, 0.29) is 41.3 Å². The number of aromatic nitrogens is 2. The number of nitrogens with zero attached hydrogens (tertiary/aromatic N) is 2. The Bertz CT molecular complexity index is 1450. The van der Waals surface area contributed by atoms with E-state index in [0.717, 1.165) is 6.07 Å². The van der Waals surface area contributed by atoms with Crippen LogP contribution in [0.2, 0.25) is 0 Å². The monoisotopic (exact) mass is 466 g/mol. The van der Waals surface area contributed by atoms with E-state index in [1.54, 1.807) is 30.3 Å². The van der Waals surface area contributed by atoms with Crippen LogP contribution >= 0.6 is 0 Å². The summed E-state index contributed by atoms with van der Waals surface area (Å²) < 4.78 is 45.4. The van der Waals surface area contributed by atoms with Gasteiger partial charge in [0.2, 0.25) is 5.91 Å². The van der Waals surface area contributed by atoms with Gasteiger partial charge in [0.1, 0.15) is 22.7 Å². The summed E-state index contributed by atoms with van der Waals surface area (Å²) in [5.74, 6) is -2.61. The standard InChI is InChI=1S/C25H21F3N4O2/c1-14-25(34)32(13-16-7-9-18(10-8-16)31-15(2)33)21-11-20(27)23(22(28)24(21)30-14)29-12-17-5-3-4-6-19(17)26/h3-11,29H,12-13H2,1-2H3,(H,31,33). The Labute approximate surface area is 193 Å². The zero-order valence-corrected chi connectivity index (χ0v) is 18.5. The van der Waals surface area contributed by atoms with Crippen LogP contribution in [-0.4, -0.2) is 15.5 Å². The maximum atomic E-state index is 15.3. The number of fused-ring (bicyclic) bond motifs is 1. The number of hydrogen-bond donors (Lipinski definition) is 2. The molecule has 0 aliphatic rings. The highest BCUT2D eigenvalue weighted by atomic mass is 19.1. The van der Waals surface area contributed by atoms with Crippen LogP contribution in [0.1, 0.15) is 23.7 Å². The first-order chi connectivity index (χ1) is 16.2. The lowest BCUT2D eigenvalue weighted by molar-refractivity contribution is -0.114. The van der Waals surface area contributed by atoms with Crippen LogP contribution in [-0.2, 0) is 17.9 Å². The summed E-state index contributed by atoms with van der Waals surface area (Å²) in [5.41, 5.74) is 0.452. The van der Waals surface area contributed by atoms with E-state index in [4.69, 9.17) is 0 Å². The number of carbonyl (C=O) groups is 1. The van der Waals surface area contributed by atoms with Crippen LogP contribution in [0.3, 0.4) is 0 Å². The molecule has 6 nitrogen and oxygen atoms in total. The Hall–Kier alpha value is -4.14. The van der Waals surface area contributed by atoms with Crippen LogP contribution < -0.4 is 16.2 Å². The van der Waals surface area contributed by atoms with E-state index in [1.807, 2.05) is 0 Å². The molecule has 1 aromatic heterocycles. The van der Waals surface area contributed by atoms with Crippen molar-refractivity contribution in [3.63, 3.8) is 0 Å². The van der Waals surface area contributed by atoms with E-state index in [9.17, 15) is 18.4 Å². The first kappa shape index (κ1) is 23.0. The lowest BCUT2D eigenvalue weighted by atomic mass is 10.1. The zero-order valence-electron chi connectivity index (χ0n) is 18.5. The molecule has 0 aliphatic carbocycles. The number of anilines is 2. The summed E-state index contributed by atoms with van der Waals surface area (Å²) >= 11 is 0. The third-order valence-electron chi connectivity index (χ3n) is 5.33. The van der Waals surface area contributed by atoms with Crippen LogP contribution in [0.25, 0.3) is 11.0 Å². The lowest BCUT2D eigenvalue weighted by Gasteiger charge is -2.15. The van der Waals surface area contributed by atoms with Gasteiger partial charge in [-0.3, -0.25) is 9.59 Å². The van der Waals surface area contributed by atoms with E-state index < -0.39 is 28.7 Å². The number of carbonyl (C=O) groups excluding carboxylic acids is 1. The number of hydrogen-bond acceptors (Lipinski definition) is 4. The summed E-state index contributed by atoms with van der Waals surface area (Å²) in [4.78, 5) is 28.1. The summed E-state index contributed by atoms with van der Waals surface area (Å²) in [6, 6.07) is 13.7. The second-order valence-electron chi connectivity index (χ2n) is 7.83. The number of halogens is 3. The summed E-state index contributed by atoms with van der Waals surface area (Å²) in [6.07, 6.45) is 0. The average Bonchev–Trinajstić information content (AvgIpc) is 2.79. The van der Waals surface area contributed by atoms with Gasteiger partial charge in [-0.2, -0.15) is 0 Å². The Balaban J connectivity index is 1.72. The van der Waals surface area contributed by atoms with Gasteiger partial charge < -0.3 is 15.2 Å². The van der Waals surface area contributed by atoms with E-state index in [0.29, 0.717) is 11.3 Å². The summed E-state index contributed by atoms with van der Waals surface area (Å²) in [6.45, 7) is 2.75. The molecule has 2 N–H and O–H groups in total. The fraction of sp³-hybridized carbons (Fsp3) is 0.160. The minimum absolute atomic E-state index is 0.00650. The van der Waals surface area contributed by atoms with Crippen molar-refractivity contribution >= 4 is 28.3 Å². The normalized spacial score (nSPS) is 11.0. The van der Waals surface area contributed by atoms with Crippen molar-refractivity contribution in [2.24, 2.45) is 0 Å². The van der Waals surface area contributed by atoms with Crippen LogP contribution in [0, 0.1) is 24.4 Å². The molecule has 0 bridgehead atoms. The lowest BCUT2D eigenvalue weighted by Crippen LogP contribution is -2.25. The van der Waals surface area contributed by atoms with Gasteiger partial charge in [-0.05, 0) is 30.7 Å². The molecule has 0 saturated heterocycles. The Kier molecular flexibility index (Phi) is 6.36. The van der Waals surface area contributed by atoms with Crippen LogP contribution in [0.5, 0.6) is 0 Å². The van der Waals surface area contributed by atoms with Gasteiger partial charge in [-0.25, -0.2) is 18.2 Å². The van der Waals surface area contributed by atoms with Gasteiger partial charge in [0.25, 0.3) is 5.56 Å².